The Morgan fingerprint density at radius 2 is 2.33 bits per heavy atom. The number of rotatable bonds is 3. The van der Waals surface area contributed by atoms with E-state index in [2.05, 4.69) is 15.0 Å². The van der Waals surface area contributed by atoms with Crippen LogP contribution in [0.1, 0.15) is 17.6 Å². The van der Waals surface area contributed by atoms with E-state index in [0.717, 1.165) is 10.7 Å². The third-order valence-corrected chi connectivity index (χ3v) is 2.49. The number of thiazole rings is 1. The number of carbonyl (C=O) groups is 2. The fraction of sp³-hybridized carbons (Fsp3) is 0.444. The van der Waals surface area contributed by atoms with Crippen LogP contribution in [0.4, 0.5) is 0 Å². The number of aromatic nitrogens is 1. The first-order chi connectivity index (χ1) is 7.13. The van der Waals surface area contributed by atoms with E-state index in [1.54, 1.807) is 6.92 Å². The zero-order chi connectivity index (χ0) is 11.3. The van der Waals surface area contributed by atoms with Crippen molar-refractivity contribution in [1.29, 1.82) is 0 Å². The molecule has 0 aliphatic rings. The van der Waals surface area contributed by atoms with E-state index in [4.69, 9.17) is 0 Å². The number of ether oxygens (including phenoxy) is 1. The second-order valence-electron chi connectivity index (χ2n) is 2.79. The van der Waals surface area contributed by atoms with Crippen LogP contribution in [0.3, 0.4) is 0 Å². The van der Waals surface area contributed by atoms with Gasteiger partial charge in [-0.05, 0) is 13.8 Å². The van der Waals surface area contributed by atoms with Crippen LogP contribution in [-0.2, 0) is 20.9 Å². The standard InChI is InChI=1S/C9H12N2O3S/c1-3-14-9(13)8(12)10-4-7-11-6(2)5-15-7/h5H,3-4H2,1-2H3,(H,10,12). The van der Waals surface area contributed by atoms with Gasteiger partial charge in [-0.1, -0.05) is 0 Å². The van der Waals surface area contributed by atoms with E-state index in [0.29, 0.717) is 0 Å². The molecule has 1 heterocycles. The molecule has 0 saturated carbocycles. The third-order valence-electron chi connectivity index (χ3n) is 1.53. The Labute approximate surface area is 91.5 Å². The number of nitrogens with zero attached hydrogens (tertiary/aromatic N) is 1. The van der Waals surface area contributed by atoms with Crippen LogP contribution in [0, 0.1) is 6.92 Å². The first-order valence-corrected chi connectivity index (χ1v) is 5.37. The molecule has 0 saturated heterocycles. The maximum absolute atomic E-state index is 11.1. The zero-order valence-corrected chi connectivity index (χ0v) is 9.39. The van der Waals surface area contributed by atoms with Gasteiger partial charge in [0.25, 0.3) is 0 Å². The van der Waals surface area contributed by atoms with E-state index in [1.807, 2.05) is 12.3 Å². The maximum Gasteiger partial charge on any atom is 0.396 e. The molecule has 82 valence electrons. The van der Waals surface area contributed by atoms with Gasteiger partial charge in [-0.25, -0.2) is 9.78 Å². The first kappa shape index (κ1) is 11.6. The average molecular weight is 228 g/mol. The highest BCUT2D eigenvalue weighted by atomic mass is 32.1. The van der Waals surface area contributed by atoms with E-state index in [-0.39, 0.29) is 13.2 Å². The number of nitrogens with one attached hydrogen (secondary N) is 1. The highest BCUT2D eigenvalue weighted by Gasteiger charge is 2.14. The Morgan fingerprint density at radius 3 is 2.87 bits per heavy atom. The van der Waals surface area contributed by atoms with Crippen molar-refractivity contribution < 1.29 is 14.3 Å². The lowest BCUT2D eigenvalue weighted by atomic mass is 10.5. The third kappa shape index (κ3) is 3.67. The largest absolute Gasteiger partial charge is 0.459 e. The van der Waals surface area contributed by atoms with Crippen molar-refractivity contribution >= 4 is 23.2 Å². The highest BCUT2D eigenvalue weighted by Crippen LogP contribution is 2.07. The molecule has 0 radical (unpaired) electrons. The fourth-order valence-electron chi connectivity index (χ4n) is 0.909. The van der Waals surface area contributed by atoms with Gasteiger partial charge in [0.2, 0.25) is 0 Å². The monoisotopic (exact) mass is 228 g/mol. The normalized spacial score (nSPS) is 9.73. The van der Waals surface area contributed by atoms with Gasteiger partial charge in [-0.3, -0.25) is 4.79 Å². The van der Waals surface area contributed by atoms with Gasteiger partial charge in [-0.15, -0.1) is 11.3 Å². The van der Waals surface area contributed by atoms with E-state index in [9.17, 15) is 9.59 Å². The Kier molecular flexibility index (Phi) is 4.23. The second-order valence-corrected chi connectivity index (χ2v) is 3.73. The quantitative estimate of drug-likeness (QED) is 0.608. The van der Waals surface area contributed by atoms with E-state index in [1.165, 1.54) is 11.3 Å². The van der Waals surface area contributed by atoms with Crippen molar-refractivity contribution in [3.8, 4) is 0 Å². The smallest absolute Gasteiger partial charge is 0.396 e. The lowest BCUT2D eigenvalue weighted by molar-refractivity contribution is -0.154. The Morgan fingerprint density at radius 1 is 1.60 bits per heavy atom. The summed E-state index contributed by atoms with van der Waals surface area (Å²) in [4.78, 5) is 26.2. The van der Waals surface area contributed by atoms with Crippen molar-refractivity contribution in [2.45, 2.75) is 20.4 Å². The van der Waals surface area contributed by atoms with Gasteiger partial charge in [-0.2, -0.15) is 0 Å². The number of aryl methyl sites for hydroxylation is 1. The molecule has 1 aromatic heterocycles. The van der Waals surface area contributed by atoms with Crippen LogP contribution in [-0.4, -0.2) is 23.5 Å². The summed E-state index contributed by atoms with van der Waals surface area (Å²) in [7, 11) is 0. The molecule has 0 atom stereocenters. The van der Waals surface area contributed by atoms with Gasteiger partial charge in [0.1, 0.15) is 5.01 Å². The molecule has 0 unspecified atom stereocenters. The fourth-order valence-corrected chi connectivity index (χ4v) is 1.62. The van der Waals surface area contributed by atoms with Crippen LogP contribution in [0.2, 0.25) is 0 Å². The first-order valence-electron chi connectivity index (χ1n) is 4.49. The SMILES string of the molecule is CCOC(=O)C(=O)NCc1nc(C)cs1. The molecular formula is C9H12N2O3S. The summed E-state index contributed by atoms with van der Waals surface area (Å²) in [5.41, 5.74) is 0.903. The summed E-state index contributed by atoms with van der Waals surface area (Å²) in [5.74, 6) is -1.59. The molecule has 15 heavy (non-hydrogen) atoms. The predicted octanol–water partition coefficient (Wildman–Crippen LogP) is 0.631. The molecule has 6 heteroatoms. The van der Waals surface area contributed by atoms with E-state index >= 15 is 0 Å². The van der Waals surface area contributed by atoms with Crippen molar-refractivity contribution in [3.63, 3.8) is 0 Å². The van der Waals surface area contributed by atoms with Crippen molar-refractivity contribution in [2.75, 3.05) is 6.61 Å². The van der Waals surface area contributed by atoms with Crippen LogP contribution in [0.25, 0.3) is 0 Å². The number of carbonyl (C=O) groups excluding carboxylic acids is 2. The van der Waals surface area contributed by atoms with Crippen LogP contribution >= 0.6 is 11.3 Å². The summed E-state index contributed by atoms with van der Waals surface area (Å²) >= 11 is 1.44. The number of amides is 1. The number of hydrogen-bond donors (Lipinski definition) is 1. The van der Waals surface area contributed by atoms with Crippen LogP contribution < -0.4 is 5.32 Å². The molecule has 0 spiro atoms. The Balaban J connectivity index is 2.37. The number of esters is 1. The molecule has 1 N–H and O–H groups in total. The summed E-state index contributed by atoms with van der Waals surface area (Å²) < 4.78 is 4.53. The van der Waals surface area contributed by atoms with Gasteiger partial charge in [0.15, 0.2) is 0 Å². The minimum Gasteiger partial charge on any atom is -0.459 e. The molecular weight excluding hydrogens is 216 g/mol. The zero-order valence-electron chi connectivity index (χ0n) is 8.57. The van der Waals surface area contributed by atoms with Gasteiger partial charge in [0.05, 0.1) is 13.2 Å². The Bertz CT molecular complexity index is 362. The molecule has 1 amide bonds. The average Bonchev–Trinajstić information content (AvgIpc) is 2.61. The summed E-state index contributed by atoms with van der Waals surface area (Å²) in [6.45, 7) is 3.97. The van der Waals surface area contributed by atoms with Gasteiger partial charge < -0.3 is 10.1 Å². The summed E-state index contributed by atoms with van der Waals surface area (Å²) in [5, 5.41) is 5.08. The van der Waals surface area contributed by atoms with Crippen molar-refractivity contribution in [1.82, 2.24) is 10.3 Å². The predicted molar refractivity (Wildman–Crippen MR) is 55.3 cm³/mol. The van der Waals surface area contributed by atoms with Gasteiger partial charge in [0, 0.05) is 11.1 Å². The molecule has 1 aromatic rings. The molecule has 0 aromatic carbocycles. The topological polar surface area (TPSA) is 68.3 Å². The molecule has 0 aliphatic heterocycles. The maximum atomic E-state index is 11.1. The molecule has 0 fully saturated rings. The van der Waals surface area contributed by atoms with Crippen molar-refractivity contribution in [2.24, 2.45) is 0 Å². The molecule has 5 nitrogen and oxygen atoms in total. The lowest BCUT2D eigenvalue weighted by Gasteiger charge is -2.01. The molecule has 0 aliphatic carbocycles. The van der Waals surface area contributed by atoms with Crippen LogP contribution in [0.15, 0.2) is 5.38 Å². The number of hydrogen-bond acceptors (Lipinski definition) is 5. The van der Waals surface area contributed by atoms with Crippen LogP contribution in [0.5, 0.6) is 0 Å². The minimum absolute atomic E-state index is 0.197. The lowest BCUT2D eigenvalue weighted by Crippen LogP contribution is -2.32. The van der Waals surface area contributed by atoms with E-state index < -0.39 is 11.9 Å². The summed E-state index contributed by atoms with van der Waals surface area (Å²) in [6.07, 6.45) is 0. The second kappa shape index (κ2) is 5.45. The molecule has 1 rings (SSSR count). The summed E-state index contributed by atoms with van der Waals surface area (Å²) in [6, 6.07) is 0. The van der Waals surface area contributed by atoms with Gasteiger partial charge >= 0.3 is 11.9 Å². The Hall–Kier alpha value is -1.43. The minimum atomic E-state index is -0.856. The molecule has 0 bridgehead atoms. The highest BCUT2D eigenvalue weighted by molar-refractivity contribution is 7.09. The van der Waals surface area contributed by atoms with Crippen molar-refractivity contribution in [3.05, 3.63) is 16.1 Å².